The average molecular weight is 240 g/mol. The first-order chi connectivity index (χ1) is 7.52. The Labute approximate surface area is 101 Å². The first-order valence-electron chi connectivity index (χ1n) is 5.58. The van der Waals surface area contributed by atoms with E-state index in [1.54, 1.807) is 11.8 Å². The molecular formula is C11H20N4S. The normalized spacial score (nSPS) is 12.8. The number of nitrogen functional groups attached to an aromatic ring is 1. The third-order valence-corrected chi connectivity index (χ3v) is 3.69. The number of nitrogens with one attached hydrogen (secondary N) is 1. The number of rotatable bonds is 5. The van der Waals surface area contributed by atoms with Crippen molar-refractivity contribution in [3.63, 3.8) is 0 Å². The predicted molar refractivity (Wildman–Crippen MR) is 70.8 cm³/mol. The molecule has 0 saturated carbocycles. The van der Waals surface area contributed by atoms with Crippen LogP contribution in [-0.2, 0) is 0 Å². The smallest absolute Gasteiger partial charge is 0.223 e. The maximum Gasteiger partial charge on any atom is 0.223 e. The summed E-state index contributed by atoms with van der Waals surface area (Å²) in [5.74, 6) is 1.74. The number of thioether (sulfide) groups is 1. The number of hydrogen-bond acceptors (Lipinski definition) is 5. The largest absolute Gasteiger partial charge is 0.370 e. The van der Waals surface area contributed by atoms with Gasteiger partial charge in [-0.2, -0.15) is 4.98 Å². The Kier molecular flexibility index (Phi) is 4.86. The van der Waals surface area contributed by atoms with Crippen LogP contribution in [0.1, 0.15) is 27.7 Å². The van der Waals surface area contributed by atoms with E-state index in [2.05, 4.69) is 36.1 Å². The summed E-state index contributed by atoms with van der Waals surface area (Å²) in [6, 6.07) is 1.95. The Morgan fingerprint density at radius 3 is 2.62 bits per heavy atom. The second-order valence-electron chi connectivity index (χ2n) is 4.05. The molecule has 0 saturated heterocycles. The van der Waals surface area contributed by atoms with E-state index in [9.17, 15) is 0 Å². The van der Waals surface area contributed by atoms with Crippen molar-refractivity contribution in [1.29, 1.82) is 0 Å². The molecule has 3 N–H and O–H groups in total. The highest BCUT2D eigenvalue weighted by Crippen LogP contribution is 2.27. The zero-order valence-electron chi connectivity index (χ0n) is 10.3. The maximum atomic E-state index is 5.67. The van der Waals surface area contributed by atoms with Crippen LogP contribution in [0, 0.1) is 5.92 Å². The molecule has 90 valence electrons. The van der Waals surface area contributed by atoms with Crippen molar-refractivity contribution in [2.45, 2.75) is 38.0 Å². The van der Waals surface area contributed by atoms with E-state index in [0.29, 0.717) is 17.1 Å². The third kappa shape index (κ3) is 3.89. The van der Waals surface area contributed by atoms with Crippen LogP contribution in [0.25, 0.3) is 0 Å². The molecule has 4 nitrogen and oxygen atoms in total. The lowest BCUT2D eigenvalue weighted by Gasteiger charge is -2.14. The first kappa shape index (κ1) is 13.1. The summed E-state index contributed by atoms with van der Waals surface area (Å²) < 4.78 is 0. The number of nitrogens with zero attached hydrogens (tertiary/aromatic N) is 2. The van der Waals surface area contributed by atoms with Crippen molar-refractivity contribution in [2.24, 2.45) is 5.92 Å². The fourth-order valence-corrected chi connectivity index (χ4v) is 2.08. The van der Waals surface area contributed by atoms with E-state index >= 15 is 0 Å². The van der Waals surface area contributed by atoms with E-state index in [1.165, 1.54) is 0 Å². The highest BCUT2D eigenvalue weighted by molar-refractivity contribution is 7.99. The van der Waals surface area contributed by atoms with Gasteiger partial charge in [0.1, 0.15) is 10.8 Å². The number of anilines is 2. The summed E-state index contributed by atoms with van der Waals surface area (Å²) in [5.41, 5.74) is 5.67. The quantitative estimate of drug-likeness (QED) is 0.612. The van der Waals surface area contributed by atoms with Gasteiger partial charge in [-0.15, -0.1) is 11.8 Å². The lowest BCUT2D eigenvalue weighted by Crippen LogP contribution is -2.08. The van der Waals surface area contributed by atoms with Crippen LogP contribution in [0.2, 0.25) is 0 Å². The minimum absolute atomic E-state index is 0.330. The fraction of sp³-hybridized carbons (Fsp3) is 0.636. The number of hydrogen-bond donors (Lipinski definition) is 2. The summed E-state index contributed by atoms with van der Waals surface area (Å²) in [5, 5.41) is 4.60. The van der Waals surface area contributed by atoms with Crippen LogP contribution in [-0.4, -0.2) is 21.8 Å². The van der Waals surface area contributed by atoms with Gasteiger partial charge >= 0.3 is 0 Å². The highest BCUT2D eigenvalue weighted by Gasteiger charge is 2.11. The van der Waals surface area contributed by atoms with Gasteiger partial charge in [0.15, 0.2) is 0 Å². The van der Waals surface area contributed by atoms with Crippen molar-refractivity contribution in [3.8, 4) is 0 Å². The van der Waals surface area contributed by atoms with Crippen LogP contribution in [0.5, 0.6) is 0 Å². The third-order valence-electron chi connectivity index (χ3n) is 2.32. The standard InChI is InChI=1S/C11H20N4S/c1-5-13-9-6-10(15-11(12)14-9)16-8(4)7(2)3/h6-8H,5H2,1-4H3,(H3,12,13,14,15). The zero-order chi connectivity index (χ0) is 12.1. The van der Waals surface area contributed by atoms with Crippen LogP contribution in [0.4, 0.5) is 11.8 Å². The minimum atomic E-state index is 0.330. The van der Waals surface area contributed by atoms with Crippen molar-refractivity contribution >= 4 is 23.5 Å². The molecule has 0 aromatic carbocycles. The minimum Gasteiger partial charge on any atom is -0.370 e. The number of nitrogens with two attached hydrogens (primary N) is 1. The highest BCUT2D eigenvalue weighted by atomic mass is 32.2. The van der Waals surface area contributed by atoms with Gasteiger partial charge in [0, 0.05) is 17.9 Å². The fourth-order valence-electron chi connectivity index (χ4n) is 1.10. The monoisotopic (exact) mass is 240 g/mol. The van der Waals surface area contributed by atoms with Gasteiger partial charge in [0.05, 0.1) is 0 Å². The molecule has 1 heterocycles. The molecule has 0 aliphatic rings. The topological polar surface area (TPSA) is 63.8 Å². The summed E-state index contributed by atoms with van der Waals surface area (Å²) in [6.45, 7) is 9.46. The molecule has 1 aromatic rings. The molecule has 16 heavy (non-hydrogen) atoms. The van der Waals surface area contributed by atoms with E-state index in [0.717, 1.165) is 17.4 Å². The molecule has 5 heteroatoms. The Morgan fingerprint density at radius 1 is 1.38 bits per heavy atom. The summed E-state index contributed by atoms with van der Waals surface area (Å²) in [6.07, 6.45) is 0. The summed E-state index contributed by atoms with van der Waals surface area (Å²) in [4.78, 5) is 8.35. The van der Waals surface area contributed by atoms with Gasteiger partial charge in [-0.05, 0) is 12.8 Å². The Morgan fingerprint density at radius 2 is 2.06 bits per heavy atom. The molecule has 1 atom stereocenters. The molecule has 0 amide bonds. The van der Waals surface area contributed by atoms with E-state index in [-0.39, 0.29) is 0 Å². The van der Waals surface area contributed by atoms with Gasteiger partial charge in [0.2, 0.25) is 5.95 Å². The van der Waals surface area contributed by atoms with Crippen molar-refractivity contribution in [2.75, 3.05) is 17.6 Å². The van der Waals surface area contributed by atoms with E-state index < -0.39 is 0 Å². The van der Waals surface area contributed by atoms with Gasteiger partial charge in [-0.25, -0.2) is 4.98 Å². The molecule has 0 bridgehead atoms. The predicted octanol–water partition coefficient (Wildman–Crippen LogP) is 2.63. The summed E-state index contributed by atoms with van der Waals surface area (Å²) in [7, 11) is 0. The second-order valence-corrected chi connectivity index (χ2v) is 5.44. The van der Waals surface area contributed by atoms with Crippen molar-refractivity contribution in [1.82, 2.24) is 9.97 Å². The van der Waals surface area contributed by atoms with Crippen LogP contribution < -0.4 is 11.1 Å². The lowest BCUT2D eigenvalue weighted by atomic mass is 10.2. The van der Waals surface area contributed by atoms with Gasteiger partial charge in [0.25, 0.3) is 0 Å². The van der Waals surface area contributed by atoms with E-state index in [4.69, 9.17) is 5.73 Å². The Bertz CT molecular complexity index is 341. The van der Waals surface area contributed by atoms with E-state index in [1.807, 2.05) is 13.0 Å². The molecular weight excluding hydrogens is 220 g/mol. The molecule has 0 radical (unpaired) electrons. The SMILES string of the molecule is CCNc1cc(SC(C)C(C)C)nc(N)n1. The average Bonchev–Trinajstić information content (AvgIpc) is 2.16. The number of aromatic nitrogens is 2. The molecule has 1 aromatic heterocycles. The zero-order valence-corrected chi connectivity index (χ0v) is 11.1. The molecule has 0 aliphatic carbocycles. The molecule has 0 fully saturated rings. The van der Waals surface area contributed by atoms with Crippen LogP contribution in [0.3, 0.4) is 0 Å². The molecule has 0 spiro atoms. The van der Waals surface area contributed by atoms with Crippen molar-refractivity contribution in [3.05, 3.63) is 6.07 Å². The molecule has 0 aliphatic heterocycles. The van der Waals surface area contributed by atoms with Gasteiger partial charge in [-0.3, -0.25) is 0 Å². The second kappa shape index (κ2) is 5.94. The Balaban J connectivity index is 2.79. The first-order valence-corrected chi connectivity index (χ1v) is 6.46. The van der Waals surface area contributed by atoms with Gasteiger partial charge < -0.3 is 11.1 Å². The molecule has 1 unspecified atom stereocenters. The molecule has 1 rings (SSSR count). The Hall–Kier alpha value is -0.970. The lowest BCUT2D eigenvalue weighted by molar-refractivity contribution is 0.641. The van der Waals surface area contributed by atoms with Crippen molar-refractivity contribution < 1.29 is 0 Å². The maximum absolute atomic E-state index is 5.67. The van der Waals surface area contributed by atoms with Crippen LogP contribution in [0.15, 0.2) is 11.1 Å². The summed E-state index contributed by atoms with van der Waals surface area (Å²) >= 11 is 1.73. The van der Waals surface area contributed by atoms with Gasteiger partial charge in [-0.1, -0.05) is 20.8 Å². The van der Waals surface area contributed by atoms with Crippen LogP contribution >= 0.6 is 11.8 Å².